The smallest absolute Gasteiger partial charge is 0.299 e. The van der Waals surface area contributed by atoms with Gasteiger partial charge in [0.05, 0.1) is 0 Å². The molecule has 2 heterocycles. The maximum atomic E-state index is 12.7. The molecule has 2 aromatic rings. The highest BCUT2D eigenvalue weighted by Crippen LogP contribution is 2.22. The van der Waals surface area contributed by atoms with E-state index >= 15 is 0 Å². The third-order valence-corrected chi connectivity index (χ3v) is 3.19. The van der Waals surface area contributed by atoms with Crippen molar-refractivity contribution in [2.75, 3.05) is 5.32 Å². The van der Waals surface area contributed by atoms with E-state index < -0.39 is 12.2 Å². The van der Waals surface area contributed by atoms with Gasteiger partial charge in [0.2, 0.25) is 5.82 Å². The summed E-state index contributed by atoms with van der Waals surface area (Å²) in [5.41, 5.74) is 0.335. The molecule has 0 aromatic carbocycles. The Labute approximate surface area is 102 Å². The molecule has 0 spiro atoms. The molecule has 1 aliphatic rings. The van der Waals surface area contributed by atoms with Gasteiger partial charge in [0.15, 0.2) is 5.65 Å². The highest BCUT2D eigenvalue weighted by molar-refractivity contribution is 5.44. The summed E-state index contributed by atoms with van der Waals surface area (Å²) in [5, 5.41) is 14.5. The molecule has 7 heteroatoms. The molecule has 18 heavy (non-hydrogen) atoms. The molecule has 1 fully saturated rings. The monoisotopic (exact) mass is 253 g/mol. The van der Waals surface area contributed by atoms with Crippen molar-refractivity contribution in [1.29, 1.82) is 0 Å². The Balaban J connectivity index is 1.91. The normalized spacial score (nSPS) is 16.8. The minimum Gasteiger partial charge on any atom is -0.366 e. The molecule has 0 bridgehead atoms. The van der Waals surface area contributed by atoms with Gasteiger partial charge < -0.3 is 5.32 Å². The third kappa shape index (κ3) is 2.00. The van der Waals surface area contributed by atoms with Crippen molar-refractivity contribution in [2.45, 2.75) is 38.2 Å². The van der Waals surface area contributed by atoms with E-state index in [-0.39, 0.29) is 0 Å². The Hall–Kier alpha value is -1.79. The second-order valence-electron chi connectivity index (χ2n) is 4.47. The maximum Gasteiger partial charge on any atom is 0.299 e. The van der Waals surface area contributed by atoms with Crippen molar-refractivity contribution in [2.24, 2.45) is 0 Å². The number of halogens is 2. The lowest BCUT2D eigenvalue weighted by Gasteiger charge is -2.12. The number of anilines is 1. The summed E-state index contributed by atoms with van der Waals surface area (Å²) in [6.45, 7) is 0. The zero-order valence-electron chi connectivity index (χ0n) is 9.68. The average molecular weight is 253 g/mol. The van der Waals surface area contributed by atoms with Crippen LogP contribution >= 0.6 is 0 Å². The van der Waals surface area contributed by atoms with Crippen LogP contribution < -0.4 is 5.32 Å². The van der Waals surface area contributed by atoms with E-state index in [1.807, 2.05) is 0 Å². The highest BCUT2D eigenvalue weighted by Gasteiger charge is 2.18. The van der Waals surface area contributed by atoms with Crippen LogP contribution in [0.4, 0.5) is 14.6 Å². The summed E-state index contributed by atoms with van der Waals surface area (Å²) >= 11 is 0. The average Bonchev–Trinajstić information content (AvgIpc) is 2.97. The van der Waals surface area contributed by atoms with E-state index in [1.165, 1.54) is 12.8 Å². The number of aromatic nitrogens is 4. The first-order valence-electron chi connectivity index (χ1n) is 6.01. The van der Waals surface area contributed by atoms with Crippen molar-refractivity contribution in [3.63, 3.8) is 0 Å². The van der Waals surface area contributed by atoms with Crippen LogP contribution in [0.3, 0.4) is 0 Å². The summed E-state index contributed by atoms with van der Waals surface area (Å²) in [6, 6.07) is 3.78. The van der Waals surface area contributed by atoms with Crippen LogP contribution in [0.15, 0.2) is 12.1 Å². The molecule has 1 N–H and O–H groups in total. The van der Waals surface area contributed by atoms with Crippen molar-refractivity contribution >= 4 is 11.5 Å². The van der Waals surface area contributed by atoms with Crippen LogP contribution in [0, 0.1) is 0 Å². The molecule has 0 aliphatic heterocycles. The van der Waals surface area contributed by atoms with Crippen molar-refractivity contribution in [3.8, 4) is 0 Å². The van der Waals surface area contributed by atoms with Gasteiger partial charge >= 0.3 is 0 Å². The molecule has 3 rings (SSSR count). The van der Waals surface area contributed by atoms with Crippen LogP contribution in [0.1, 0.15) is 37.9 Å². The SMILES string of the molecule is FC(F)c1nnc2ccc(NC3CCCC3)nn12. The quantitative estimate of drug-likeness (QED) is 0.912. The number of alkyl halides is 2. The van der Waals surface area contributed by atoms with E-state index in [0.717, 1.165) is 17.4 Å². The number of nitrogens with zero attached hydrogens (tertiary/aromatic N) is 4. The second kappa shape index (κ2) is 4.47. The first-order valence-corrected chi connectivity index (χ1v) is 6.01. The highest BCUT2D eigenvalue weighted by atomic mass is 19.3. The number of hydrogen-bond donors (Lipinski definition) is 1. The third-order valence-electron chi connectivity index (χ3n) is 3.19. The molecule has 1 saturated carbocycles. The molecule has 0 amide bonds. The Kier molecular flexibility index (Phi) is 2.81. The molecular formula is C11H13F2N5. The number of nitrogens with one attached hydrogen (secondary N) is 1. The van der Waals surface area contributed by atoms with Crippen molar-refractivity contribution < 1.29 is 8.78 Å². The van der Waals surface area contributed by atoms with Gasteiger partial charge in [-0.2, -0.15) is 4.52 Å². The molecule has 0 atom stereocenters. The fourth-order valence-electron chi connectivity index (χ4n) is 2.30. The number of fused-ring (bicyclic) bond motifs is 1. The first kappa shape index (κ1) is 11.3. The van der Waals surface area contributed by atoms with E-state index in [0.29, 0.717) is 17.5 Å². The zero-order valence-corrected chi connectivity index (χ0v) is 9.68. The number of rotatable bonds is 3. The summed E-state index contributed by atoms with van der Waals surface area (Å²) < 4.78 is 26.5. The van der Waals surface area contributed by atoms with Crippen molar-refractivity contribution in [3.05, 3.63) is 18.0 Å². The molecule has 0 radical (unpaired) electrons. The lowest BCUT2D eigenvalue weighted by atomic mass is 10.2. The van der Waals surface area contributed by atoms with Crippen LogP contribution in [-0.2, 0) is 0 Å². The summed E-state index contributed by atoms with van der Waals surface area (Å²) in [7, 11) is 0. The van der Waals surface area contributed by atoms with Gasteiger partial charge in [-0.05, 0) is 25.0 Å². The van der Waals surface area contributed by atoms with Gasteiger partial charge in [-0.25, -0.2) is 8.78 Å². The fraction of sp³-hybridized carbons (Fsp3) is 0.545. The van der Waals surface area contributed by atoms with Gasteiger partial charge in [0.25, 0.3) is 6.43 Å². The predicted octanol–water partition coefficient (Wildman–Crippen LogP) is 2.42. The van der Waals surface area contributed by atoms with Gasteiger partial charge in [-0.15, -0.1) is 15.3 Å². The van der Waals surface area contributed by atoms with Crippen LogP contribution in [0.5, 0.6) is 0 Å². The molecule has 0 saturated heterocycles. The molecule has 1 aliphatic carbocycles. The van der Waals surface area contributed by atoms with E-state index in [2.05, 4.69) is 20.6 Å². The van der Waals surface area contributed by atoms with Gasteiger partial charge in [-0.1, -0.05) is 12.8 Å². The number of hydrogen-bond acceptors (Lipinski definition) is 4. The minimum absolute atomic E-state index is 0.335. The van der Waals surface area contributed by atoms with Gasteiger partial charge in [0.1, 0.15) is 5.82 Å². The van der Waals surface area contributed by atoms with E-state index in [9.17, 15) is 8.78 Å². The second-order valence-corrected chi connectivity index (χ2v) is 4.47. The zero-order chi connectivity index (χ0) is 12.5. The first-order chi connectivity index (χ1) is 8.74. The lowest BCUT2D eigenvalue weighted by Crippen LogP contribution is -2.16. The summed E-state index contributed by atoms with van der Waals surface area (Å²) in [4.78, 5) is 0. The standard InChI is InChI=1S/C11H13F2N5/c12-10(13)11-16-15-9-6-5-8(17-18(9)11)14-7-3-1-2-4-7/h5-7,10H,1-4H2,(H,14,17). The van der Waals surface area contributed by atoms with Crippen molar-refractivity contribution in [1.82, 2.24) is 19.8 Å². The molecule has 96 valence electrons. The van der Waals surface area contributed by atoms with Gasteiger partial charge in [-0.3, -0.25) is 0 Å². The predicted molar refractivity (Wildman–Crippen MR) is 61.6 cm³/mol. The summed E-state index contributed by atoms with van der Waals surface area (Å²) in [5.74, 6) is 0.177. The van der Waals surface area contributed by atoms with Gasteiger partial charge in [0, 0.05) is 6.04 Å². The topological polar surface area (TPSA) is 55.1 Å². The Bertz CT molecular complexity index is 547. The van der Waals surface area contributed by atoms with E-state index in [4.69, 9.17) is 0 Å². The van der Waals surface area contributed by atoms with Crippen LogP contribution in [-0.4, -0.2) is 25.9 Å². The largest absolute Gasteiger partial charge is 0.366 e. The Morgan fingerprint density at radius 1 is 1.22 bits per heavy atom. The Morgan fingerprint density at radius 2 is 2.00 bits per heavy atom. The molecule has 2 aromatic heterocycles. The minimum atomic E-state index is -2.67. The Morgan fingerprint density at radius 3 is 2.72 bits per heavy atom. The molecular weight excluding hydrogens is 240 g/mol. The molecule has 0 unspecified atom stereocenters. The lowest BCUT2D eigenvalue weighted by molar-refractivity contribution is 0.137. The maximum absolute atomic E-state index is 12.7. The fourth-order valence-corrected chi connectivity index (χ4v) is 2.30. The van der Waals surface area contributed by atoms with Crippen LogP contribution in [0.25, 0.3) is 5.65 Å². The molecule has 5 nitrogen and oxygen atoms in total. The van der Waals surface area contributed by atoms with E-state index in [1.54, 1.807) is 12.1 Å². The van der Waals surface area contributed by atoms with Crippen LogP contribution in [0.2, 0.25) is 0 Å². The summed E-state index contributed by atoms with van der Waals surface area (Å²) in [6.07, 6.45) is 1.94.